The number of methoxy groups -OCH3 is 1. The monoisotopic (exact) mass is 430 g/mol. The van der Waals surface area contributed by atoms with Gasteiger partial charge in [0.25, 0.3) is 0 Å². The molecule has 0 aliphatic carbocycles. The average Bonchev–Trinajstić information content (AvgIpc) is 3.20. The van der Waals surface area contributed by atoms with Gasteiger partial charge in [-0.1, -0.05) is 43.3 Å². The van der Waals surface area contributed by atoms with E-state index in [1.54, 1.807) is 7.11 Å². The lowest BCUT2D eigenvalue weighted by molar-refractivity contribution is 0.278. The first-order valence-corrected chi connectivity index (χ1v) is 11.2. The fourth-order valence-electron chi connectivity index (χ4n) is 3.75. The summed E-state index contributed by atoms with van der Waals surface area (Å²) in [5, 5.41) is 0. The maximum atomic E-state index is 6.05. The van der Waals surface area contributed by atoms with Crippen LogP contribution in [0.15, 0.2) is 72.8 Å². The number of nitrogens with zero attached hydrogens (tertiary/aromatic N) is 2. The second-order valence-corrected chi connectivity index (χ2v) is 7.66. The number of aryl methyl sites for hydroxylation is 2. The molecule has 0 radical (unpaired) electrons. The van der Waals surface area contributed by atoms with E-state index >= 15 is 0 Å². The van der Waals surface area contributed by atoms with E-state index in [0.717, 1.165) is 59.9 Å². The Hall–Kier alpha value is -3.47. The van der Waals surface area contributed by atoms with Gasteiger partial charge in [-0.25, -0.2) is 4.98 Å². The Morgan fingerprint density at radius 1 is 0.812 bits per heavy atom. The number of unbranched alkanes of at least 4 members (excludes halogenated alkanes) is 1. The molecule has 0 aliphatic heterocycles. The van der Waals surface area contributed by atoms with Gasteiger partial charge in [-0.2, -0.15) is 0 Å². The zero-order valence-electron chi connectivity index (χ0n) is 18.8. The van der Waals surface area contributed by atoms with Crippen molar-refractivity contribution >= 4 is 11.0 Å². The van der Waals surface area contributed by atoms with Gasteiger partial charge in [0, 0.05) is 6.54 Å². The number of para-hydroxylation sites is 4. The van der Waals surface area contributed by atoms with Crippen LogP contribution < -0.4 is 14.2 Å². The maximum absolute atomic E-state index is 6.05. The second-order valence-electron chi connectivity index (χ2n) is 7.66. The summed E-state index contributed by atoms with van der Waals surface area (Å²) in [5.41, 5.74) is 3.44. The van der Waals surface area contributed by atoms with Crippen LogP contribution in [0, 0.1) is 0 Å². The van der Waals surface area contributed by atoms with Gasteiger partial charge in [-0.05, 0) is 61.2 Å². The summed E-state index contributed by atoms with van der Waals surface area (Å²) in [6.07, 6.45) is 2.94. The number of hydrogen-bond donors (Lipinski definition) is 0. The molecule has 0 unspecified atom stereocenters. The molecule has 0 spiro atoms. The lowest BCUT2D eigenvalue weighted by atomic mass is 10.2. The molecule has 0 N–H and O–H groups in total. The van der Waals surface area contributed by atoms with Crippen molar-refractivity contribution in [3.05, 3.63) is 84.2 Å². The molecule has 0 atom stereocenters. The van der Waals surface area contributed by atoms with Gasteiger partial charge < -0.3 is 18.8 Å². The van der Waals surface area contributed by atoms with Crippen LogP contribution in [0.5, 0.6) is 17.2 Å². The van der Waals surface area contributed by atoms with Crippen LogP contribution in [0.25, 0.3) is 11.0 Å². The molecule has 0 bridgehead atoms. The third kappa shape index (κ3) is 5.22. The Morgan fingerprint density at radius 3 is 2.34 bits per heavy atom. The highest BCUT2D eigenvalue weighted by Gasteiger charge is 2.11. The summed E-state index contributed by atoms with van der Waals surface area (Å²) in [4.78, 5) is 4.82. The highest BCUT2D eigenvalue weighted by Crippen LogP contribution is 2.26. The predicted molar refractivity (Wildman–Crippen MR) is 128 cm³/mol. The van der Waals surface area contributed by atoms with E-state index in [9.17, 15) is 0 Å². The normalized spacial score (nSPS) is 10.9. The number of fused-ring (bicyclic) bond motifs is 1. The Labute approximate surface area is 189 Å². The van der Waals surface area contributed by atoms with Crippen LogP contribution in [0.2, 0.25) is 0 Å². The zero-order valence-corrected chi connectivity index (χ0v) is 18.8. The molecule has 32 heavy (non-hydrogen) atoms. The van der Waals surface area contributed by atoms with Crippen LogP contribution in [-0.4, -0.2) is 23.3 Å². The fraction of sp³-hybridized carbons (Fsp3) is 0.296. The van der Waals surface area contributed by atoms with Crippen molar-refractivity contribution in [1.82, 2.24) is 9.55 Å². The first kappa shape index (κ1) is 21.8. The fourth-order valence-corrected chi connectivity index (χ4v) is 3.75. The summed E-state index contributed by atoms with van der Waals surface area (Å²) in [7, 11) is 1.66. The number of aromatic nitrogens is 2. The maximum Gasteiger partial charge on any atom is 0.161 e. The first-order chi connectivity index (χ1) is 15.8. The zero-order chi connectivity index (χ0) is 22.2. The van der Waals surface area contributed by atoms with Crippen molar-refractivity contribution in [3.63, 3.8) is 0 Å². The van der Waals surface area contributed by atoms with Gasteiger partial charge in [0.1, 0.15) is 18.2 Å². The largest absolute Gasteiger partial charge is 0.493 e. The molecule has 0 saturated heterocycles. The molecule has 4 rings (SSSR count). The Balaban J connectivity index is 1.37. The van der Waals surface area contributed by atoms with E-state index < -0.39 is 0 Å². The summed E-state index contributed by atoms with van der Waals surface area (Å²) >= 11 is 0. The second kappa shape index (κ2) is 10.7. The Bertz CT molecular complexity index is 1140. The molecule has 4 aromatic rings. The minimum absolute atomic E-state index is 0.442. The van der Waals surface area contributed by atoms with Crippen molar-refractivity contribution in [2.75, 3.05) is 13.7 Å². The lowest BCUT2D eigenvalue weighted by Crippen LogP contribution is -2.09. The Kier molecular flexibility index (Phi) is 7.28. The number of benzene rings is 3. The van der Waals surface area contributed by atoms with E-state index in [1.165, 1.54) is 5.56 Å². The molecule has 3 aromatic carbocycles. The Morgan fingerprint density at radius 2 is 1.56 bits per heavy atom. The molecule has 5 nitrogen and oxygen atoms in total. The van der Waals surface area contributed by atoms with Crippen molar-refractivity contribution in [2.45, 2.75) is 39.3 Å². The molecule has 166 valence electrons. The van der Waals surface area contributed by atoms with E-state index in [4.69, 9.17) is 19.2 Å². The molecule has 0 fully saturated rings. The third-order valence-electron chi connectivity index (χ3n) is 5.54. The average molecular weight is 431 g/mol. The molecule has 1 aromatic heterocycles. The number of hydrogen-bond acceptors (Lipinski definition) is 4. The minimum atomic E-state index is 0.442. The molecular weight excluding hydrogens is 400 g/mol. The van der Waals surface area contributed by atoms with Crippen molar-refractivity contribution in [2.24, 2.45) is 0 Å². The van der Waals surface area contributed by atoms with E-state index in [1.807, 2.05) is 42.5 Å². The van der Waals surface area contributed by atoms with Crippen molar-refractivity contribution in [1.29, 1.82) is 0 Å². The number of imidazole rings is 1. The predicted octanol–water partition coefficient (Wildman–Crippen LogP) is 6.05. The highest BCUT2D eigenvalue weighted by molar-refractivity contribution is 5.75. The van der Waals surface area contributed by atoms with E-state index in [0.29, 0.717) is 13.2 Å². The smallest absolute Gasteiger partial charge is 0.161 e. The molecule has 1 heterocycles. The summed E-state index contributed by atoms with van der Waals surface area (Å²) < 4.78 is 19.6. The summed E-state index contributed by atoms with van der Waals surface area (Å²) in [5.74, 6) is 3.35. The van der Waals surface area contributed by atoms with Crippen LogP contribution in [0.3, 0.4) is 0 Å². The molecule has 0 aliphatic rings. The van der Waals surface area contributed by atoms with Gasteiger partial charge in [-0.3, -0.25) is 0 Å². The van der Waals surface area contributed by atoms with Gasteiger partial charge >= 0.3 is 0 Å². The van der Waals surface area contributed by atoms with Crippen molar-refractivity contribution in [3.8, 4) is 17.2 Å². The topological polar surface area (TPSA) is 45.5 Å². The van der Waals surface area contributed by atoms with Gasteiger partial charge in [0.2, 0.25) is 0 Å². The SMILES string of the molecule is CCc1ccc(OCc2nc3ccccc3n2CCCCOc2ccccc2OC)cc1. The lowest BCUT2D eigenvalue weighted by Gasteiger charge is -2.12. The summed E-state index contributed by atoms with van der Waals surface area (Å²) in [6.45, 7) is 4.10. The van der Waals surface area contributed by atoms with Gasteiger partial charge in [0.15, 0.2) is 11.5 Å². The van der Waals surface area contributed by atoms with Crippen LogP contribution in [-0.2, 0) is 19.6 Å². The molecule has 0 saturated carbocycles. The first-order valence-electron chi connectivity index (χ1n) is 11.2. The molecular formula is C27H30N2O3. The molecule has 0 amide bonds. The van der Waals surface area contributed by atoms with Crippen LogP contribution >= 0.6 is 0 Å². The third-order valence-corrected chi connectivity index (χ3v) is 5.54. The van der Waals surface area contributed by atoms with Crippen LogP contribution in [0.1, 0.15) is 31.2 Å². The van der Waals surface area contributed by atoms with Gasteiger partial charge in [-0.15, -0.1) is 0 Å². The molecule has 5 heteroatoms. The highest BCUT2D eigenvalue weighted by atomic mass is 16.5. The van der Waals surface area contributed by atoms with Crippen molar-refractivity contribution < 1.29 is 14.2 Å². The number of ether oxygens (including phenoxy) is 3. The standard InChI is InChI=1S/C27H30N2O3/c1-3-21-14-16-22(17-15-21)32-20-27-28-23-10-4-5-11-24(23)29(27)18-8-9-19-31-26-13-7-6-12-25(26)30-2/h4-7,10-17H,3,8-9,18-20H2,1-2H3. The van der Waals surface area contributed by atoms with E-state index in [2.05, 4.69) is 41.8 Å². The van der Waals surface area contributed by atoms with E-state index in [-0.39, 0.29) is 0 Å². The quantitative estimate of drug-likeness (QED) is 0.272. The number of rotatable bonds is 11. The minimum Gasteiger partial charge on any atom is -0.493 e. The van der Waals surface area contributed by atoms with Crippen LogP contribution in [0.4, 0.5) is 0 Å². The van der Waals surface area contributed by atoms with Gasteiger partial charge in [0.05, 0.1) is 24.8 Å². The summed E-state index contributed by atoms with van der Waals surface area (Å²) in [6, 6.07) is 24.3.